The highest BCUT2D eigenvalue weighted by Gasteiger charge is 2.16. The summed E-state index contributed by atoms with van der Waals surface area (Å²) in [5.41, 5.74) is 3.72. The third-order valence-corrected chi connectivity index (χ3v) is 5.60. The first-order chi connectivity index (χ1) is 15.6. The molecule has 0 aliphatic heterocycles. The van der Waals surface area contributed by atoms with E-state index in [0.29, 0.717) is 12.4 Å². The molecule has 0 bridgehead atoms. The number of aromatic nitrogens is 4. The molecule has 0 fully saturated rings. The van der Waals surface area contributed by atoms with Crippen LogP contribution in [0.4, 0.5) is 5.82 Å². The maximum absolute atomic E-state index is 5.26. The Labute approximate surface area is 186 Å². The van der Waals surface area contributed by atoms with Crippen LogP contribution in [0.25, 0.3) is 33.3 Å². The van der Waals surface area contributed by atoms with Gasteiger partial charge in [0.25, 0.3) is 0 Å². The molecule has 0 saturated heterocycles. The van der Waals surface area contributed by atoms with E-state index in [4.69, 9.17) is 14.7 Å². The Morgan fingerprint density at radius 3 is 2.47 bits per heavy atom. The summed E-state index contributed by atoms with van der Waals surface area (Å²) in [6.07, 6.45) is 1.84. The smallest absolute Gasteiger partial charge is 0.166 e. The van der Waals surface area contributed by atoms with Gasteiger partial charge in [-0.1, -0.05) is 48.5 Å². The van der Waals surface area contributed by atoms with Crippen molar-refractivity contribution in [3.05, 3.63) is 78.6 Å². The minimum Gasteiger partial charge on any atom is -0.497 e. The molecule has 160 valence electrons. The number of methoxy groups -OCH3 is 1. The van der Waals surface area contributed by atoms with Crippen LogP contribution in [0.1, 0.15) is 25.5 Å². The third kappa shape index (κ3) is 3.75. The number of benzene rings is 3. The van der Waals surface area contributed by atoms with Crippen LogP contribution < -0.4 is 10.1 Å². The molecular weight excluding hydrogens is 398 g/mol. The number of imidazole rings is 1. The first kappa shape index (κ1) is 20.0. The van der Waals surface area contributed by atoms with E-state index in [0.717, 1.165) is 33.9 Å². The molecule has 0 saturated carbocycles. The quantitative estimate of drug-likeness (QED) is 0.371. The summed E-state index contributed by atoms with van der Waals surface area (Å²) in [7, 11) is 1.67. The molecule has 2 aromatic heterocycles. The molecule has 6 nitrogen and oxygen atoms in total. The fourth-order valence-electron chi connectivity index (χ4n) is 3.80. The Bertz CT molecular complexity index is 1390. The fraction of sp³-hybridized carbons (Fsp3) is 0.192. The van der Waals surface area contributed by atoms with Crippen molar-refractivity contribution in [2.45, 2.75) is 26.4 Å². The summed E-state index contributed by atoms with van der Waals surface area (Å²) in [5.74, 6) is 2.25. The molecule has 0 amide bonds. The van der Waals surface area contributed by atoms with Gasteiger partial charge in [-0.05, 0) is 48.4 Å². The maximum Gasteiger partial charge on any atom is 0.166 e. The fourth-order valence-corrected chi connectivity index (χ4v) is 3.80. The van der Waals surface area contributed by atoms with E-state index in [9.17, 15) is 0 Å². The van der Waals surface area contributed by atoms with E-state index < -0.39 is 0 Å². The highest BCUT2D eigenvalue weighted by Crippen LogP contribution is 2.28. The van der Waals surface area contributed by atoms with Gasteiger partial charge in [-0.25, -0.2) is 15.0 Å². The van der Waals surface area contributed by atoms with Crippen LogP contribution in [0, 0.1) is 0 Å². The summed E-state index contributed by atoms with van der Waals surface area (Å²) >= 11 is 0. The average Bonchev–Trinajstić information content (AvgIpc) is 3.27. The second kappa shape index (κ2) is 8.30. The summed E-state index contributed by atoms with van der Waals surface area (Å²) in [5, 5.41) is 5.84. The molecule has 0 radical (unpaired) electrons. The topological polar surface area (TPSA) is 64.9 Å². The Balaban J connectivity index is 1.57. The Morgan fingerprint density at radius 2 is 1.72 bits per heavy atom. The van der Waals surface area contributed by atoms with Crippen LogP contribution in [0.15, 0.2) is 73.1 Å². The summed E-state index contributed by atoms with van der Waals surface area (Å²) in [6.45, 7) is 4.88. The lowest BCUT2D eigenvalue weighted by molar-refractivity contribution is 0.414. The zero-order valence-corrected chi connectivity index (χ0v) is 18.4. The predicted octanol–water partition coefficient (Wildman–Crippen LogP) is 5.85. The second-order valence-corrected chi connectivity index (χ2v) is 8.08. The lowest BCUT2D eigenvalue weighted by atomic mass is 10.1. The molecular formula is C26H25N5O. The van der Waals surface area contributed by atoms with Gasteiger partial charge in [0.05, 0.1) is 13.4 Å². The number of nitrogens with zero attached hydrogens (tertiary/aromatic N) is 4. The van der Waals surface area contributed by atoms with Gasteiger partial charge in [0.2, 0.25) is 0 Å². The largest absolute Gasteiger partial charge is 0.497 e. The van der Waals surface area contributed by atoms with E-state index in [2.05, 4.69) is 59.0 Å². The Kier molecular flexibility index (Phi) is 5.19. The molecule has 0 unspecified atom stereocenters. The van der Waals surface area contributed by atoms with Crippen molar-refractivity contribution < 1.29 is 4.74 Å². The first-order valence-corrected chi connectivity index (χ1v) is 10.7. The molecule has 0 aliphatic carbocycles. The van der Waals surface area contributed by atoms with Crippen molar-refractivity contribution in [1.29, 1.82) is 0 Å². The molecule has 3 aromatic carbocycles. The minimum absolute atomic E-state index is 0.244. The van der Waals surface area contributed by atoms with E-state index in [-0.39, 0.29) is 6.04 Å². The van der Waals surface area contributed by atoms with Crippen LogP contribution in [0.5, 0.6) is 5.75 Å². The Hall–Kier alpha value is -3.93. The highest BCUT2D eigenvalue weighted by molar-refractivity contribution is 5.89. The Morgan fingerprint density at radius 1 is 0.938 bits per heavy atom. The van der Waals surface area contributed by atoms with Crippen molar-refractivity contribution in [2.75, 3.05) is 12.4 Å². The summed E-state index contributed by atoms with van der Waals surface area (Å²) < 4.78 is 7.34. The molecule has 32 heavy (non-hydrogen) atoms. The van der Waals surface area contributed by atoms with E-state index in [1.807, 2.05) is 42.7 Å². The van der Waals surface area contributed by atoms with Gasteiger partial charge in [0, 0.05) is 18.2 Å². The number of hydrogen-bond donors (Lipinski definition) is 1. The minimum atomic E-state index is 0.244. The number of nitrogens with one attached hydrogen (secondary N) is 1. The molecule has 1 N–H and O–H groups in total. The van der Waals surface area contributed by atoms with Crippen molar-refractivity contribution in [1.82, 2.24) is 19.5 Å². The van der Waals surface area contributed by atoms with Crippen molar-refractivity contribution >= 4 is 27.8 Å². The van der Waals surface area contributed by atoms with E-state index >= 15 is 0 Å². The predicted molar refractivity (Wildman–Crippen MR) is 129 cm³/mol. The van der Waals surface area contributed by atoms with Crippen LogP contribution in [0.2, 0.25) is 0 Å². The van der Waals surface area contributed by atoms with Gasteiger partial charge in [-0.2, -0.15) is 0 Å². The van der Waals surface area contributed by atoms with Gasteiger partial charge in [0.1, 0.15) is 11.3 Å². The number of ether oxygens (including phenoxy) is 1. The third-order valence-electron chi connectivity index (χ3n) is 5.60. The first-order valence-electron chi connectivity index (χ1n) is 10.7. The lowest BCUT2D eigenvalue weighted by Gasteiger charge is -2.12. The lowest BCUT2D eigenvalue weighted by Crippen LogP contribution is -2.06. The average molecular weight is 424 g/mol. The monoisotopic (exact) mass is 423 g/mol. The van der Waals surface area contributed by atoms with Crippen molar-refractivity contribution in [3.63, 3.8) is 0 Å². The van der Waals surface area contributed by atoms with Gasteiger partial charge in [0.15, 0.2) is 17.3 Å². The molecule has 0 spiro atoms. The van der Waals surface area contributed by atoms with Gasteiger partial charge >= 0.3 is 0 Å². The second-order valence-electron chi connectivity index (χ2n) is 8.08. The molecule has 5 rings (SSSR count). The molecule has 0 atom stereocenters. The van der Waals surface area contributed by atoms with Crippen LogP contribution in [-0.2, 0) is 6.54 Å². The maximum atomic E-state index is 5.26. The van der Waals surface area contributed by atoms with Gasteiger partial charge in [-0.15, -0.1) is 0 Å². The zero-order valence-electron chi connectivity index (χ0n) is 18.4. The van der Waals surface area contributed by atoms with Crippen molar-refractivity contribution in [2.24, 2.45) is 0 Å². The normalized spacial score (nSPS) is 11.4. The van der Waals surface area contributed by atoms with E-state index in [1.165, 1.54) is 10.8 Å². The number of hydrogen-bond acceptors (Lipinski definition) is 5. The standard InChI is InChI=1S/C26H25N5O/c1-17(2)31-16-28-23-25(27-15-18-8-12-22(32-3)13-9-18)29-24(30-26(23)31)21-11-10-19-6-4-5-7-20(19)14-21/h4-14,16-17H,15H2,1-3H3,(H,27,29,30). The summed E-state index contributed by atoms with van der Waals surface area (Å²) in [6, 6.07) is 22.9. The van der Waals surface area contributed by atoms with Crippen molar-refractivity contribution in [3.8, 4) is 17.1 Å². The van der Waals surface area contributed by atoms with Crippen LogP contribution >= 0.6 is 0 Å². The zero-order chi connectivity index (χ0) is 22.1. The number of fused-ring (bicyclic) bond motifs is 2. The highest BCUT2D eigenvalue weighted by atomic mass is 16.5. The van der Waals surface area contributed by atoms with E-state index in [1.54, 1.807) is 7.11 Å². The van der Waals surface area contributed by atoms with Crippen LogP contribution in [0.3, 0.4) is 0 Å². The molecule has 0 aliphatic rings. The number of anilines is 1. The summed E-state index contributed by atoms with van der Waals surface area (Å²) in [4.78, 5) is 14.4. The van der Waals surface area contributed by atoms with Gasteiger partial charge in [-0.3, -0.25) is 0 Å². The van der Waals surface area contributed by atoms with Crippen LogP contribution in [-0.4, -0.2) is 26.6 Å². The SMILES string of the molecule is COc1ccc(CNc2nc(-c3ccc4ccccc4c3)nc3c2ncn3C(C)C)cc1. The number of rotatable bonds is 6. The molecule has 2 heterocycles. The molecule has 5 aromatic rings. The van der Waals surface area contributed by atoms with Gasteiger partial charge < -0.3 is 14.6 Å². The molecule has 6 heteroatoms.